The smallest absolute Gasteiger partial charge is 0.0544 e. The average Bonchev–Trinajstić information content (AvgIpc) is 3.64. The first kappa shape index (κ1) is 29.5. The summed E-state index contributed by atoms with van der Waals surface area (Å²) in [6.45, 7) is 4.85. The van der Waals surface area contributed by atoms with Crippen molar-refractivity contribution in [2.24, 2.45) is 5.92 Å². The number of nitrogens with zero attached hydrogens (tertiary/aromatic N) is 1. The molecule has 0 saturated carbocycles. The van der Waals surface area contributed by atoms with Gasteiger partial charge in [-0.25, -0.2) is 0 Å². The summed E-state index contributed by atoms with van der Waals surface area (Å²) in [6, 6.07) is 56.7. The van der Waals surface area contributed by atoms with Gasteiger partial charge in [0, 0.05) is 22.4 Å². The van der Waals surface area contributed by atoms with Gasteiger partial charge in [0.2, 0.25) is 0 Å². The van der Waals surface area contributed by atoms with Gasteiger partial charge in [-0.15, -0.1) is 0 Å². The van der Waals surface area contributed by atoms with Crippen molar-refractivity contribution in [1.82, 2.24) is 4.57 Å². The van der Waals surface area contributed by atoms with Gasteiger partial charge >= 0.3 is 0 Å². The first-order valence-corrected chi connectivity index (χ1v) is 18.5. The molecule has 0 N–H and O–H groups in total. The Morgan fingerprint density at radius 2 is 0.981 bits per heavy atom. The molecule has 2 unspecified atom stereocenters. The molecule has 11 rings (SSSR count). The Morgan fingerprint density at radius 1 is 0.423 bits per heavy atom. The maximum atomic E-state index is 2.52. The van der Waals surface area contributed by atoms with Crippen LogP contribution in [0.5, 0.6) is 0 Å². The van der Waals surface area contributed by atoms with Crippen LogP contribution in [0.2, 0.25) is 0 Å². The van der Waals surface area contributed by atoms with Crippen LogP contribution in [0, 0.1) is 5.92 Å². The van der Waals surface area contributed by atoms with Gasteiger partial charge in [-0.05, 0) is 126 Å². The maximum absolute atomic E-state index is 2.52. The lowest BCUT2D eigenvalue weighted by atomic mass is 9.74. The zero-order valence-electron chi connectivity index (χ0n) is 29.3. The van der Waals surface area contributed by atoms with Gasteiger partial charge in [0.1, 0.15) is 0 Å². The van der Waals surface area contributed by atoms with Crippen LogP contribution in [0.25, 0.3) is 82.1 Å². The van der Waals surface area contributed by atoms with Gasteiger partial charge < -0.3 is 4.57 Å². The zero-order chi connectivity index (χ0) is 34.6. The van der Waals surface area contributed by atoms with E-state index in [1.807, 2.05) is 0 Å². The summed E-state index contributed by atoms with van der Waals surface area (Å²) in [5.41, 5.74) is 11.6. The summed E-state index contributed by atoms with van der Waals surface area (Å²) in [5.74, 6) is 0.881. The third kappa shape index (κ3) is 4.17. The van der Waals surface area contributed by atoms with Crippen LogP contribution in [0.1, 0.15) is 30.9 Å². The lowest BCUT2D eigenvalue weighted by molar-refractivity contribution is 0.394. The largest absolute Gasteiger partial charge is 0.309 e. The molecule has 8 aromatic carbocycles. The highest BCUT2D eigenvalue weighted by Crippen LogP contribution is 2.54. The van der Waals surface area contributed by atoms with Crippen molar-refractivity contribution in [1.29, 1.82) is 0 Å². The summed E-state index contributed by atoms with van der Waals surface area (Å²) in [7, 11) is 0. The molecule has 1 aromatic heterocycles. The highest BCUT2D eigenvalue weighted by atomic mass is 15.0. The molecule has 0 aliphatic heterocycles. The number of para-hydroxylation sites is 1. The summed E-state index contributed by atoms with van der Waals surface area (Å²) >= 11 is 0. The number of rotatable bonds is 3. The molecule has 0 amide bonds. The lowest BCUT2D eigenvalue weighted by Crippen LogP contribution is -2.24. The van der Waals surface area contributed by atoms with Crippen LogP contribution < -0.4 is 0 Å². The Morgan fingerprint density at radius 3 is 1.69 bits per heavy atom. The van der Waals surface area contributed by atoms with Gasteiger partial charge in [-0.1, -0.05) is 141 Å². The quantitative estimate of drug-likeness (QED) is 0.166. The van der Waals surface area contributed by atoms with E-state index < -0.39 is 0 Å². The van der Waals surface area contributed by atoms with E-state index in [-0.39, 0.29) is 5.41 Å². The van der Waals surface area contributed by atoms with Crippen molar-refractivity contribution < 1.29 is 0 Å². The highest BCUT2D eigenvalue weighted by Gasteiger charge is 2.45. The third-order valence-electron chi connectivity index (χ3n) is 12.2. The standard InChI is InChI=1S/C51H37N/c1-51(2)47-22-11-10-21-42(47)44-30-46-45-29-35(24-26-49(45)52(50(46)31-48(44)51)36-15-4-3-5-16-36)33-14-12-13-32(27-33)34-23-25-41-39-19-7-6-17-37(39)38-18-8-9-20-40(38)43(41)28-34/h3-31,42,47H,1-2H3. The molecule has 2 atom stereocenters. The Bertz CT molecular complexity index is 2950. The van der Waals surface area contributed by atoms with E-state index in [2.05, 4.69) is 194 Å². The fourth-order valence-corrected chi connectivity index (χ4v) is 9.69. The molecule has 1 heterocycles. The van der Waals surface area contributed by atoms with Crippen molar-refractivity contribution in [2.45, 2.75) is 25.2 Å². The van der Waals surface area contributed by atoms with E-state index >= 15 is 0 Å². The van der Waals surface area contributed by atoms with Gasteiger partial charge in [0.05, 0.1) is 11.0 Å². The molecule has 246 valence electrons. The van der Waals surface area contributed by atoms with E-state index in [1.165, 1.54) is 93.2 Å². The number of fused-ring (bicyclic) bond motifs is 12. The van der Waals surface area contributed by atoms with Crippen LogP contribution >= 0.6 is 0 Å². The fraction of sp³-hybridized carbons (Fsp3) is 0.0980. The van der Waals surface area contributed by atoms with Gasteiger partial charge in [0.25, 0.3) is 0 Å². The summed E-state index contributed by atoms with van der Waals surface area (Å²) in [5, 5.41) is 10.4. The van der Waals surface area contributed by atoms with Crippen molar-refractivity contribution in [3.05, 3.63) is 187 Å². The lowest BCUT2D eigenvalue weighted by Gasteiger charge is -2.29. The predicted octanol–water partition coefficient (Wildman–Crippen LogP) is 13.7. The number of benzene rings is 8. The van der Waals surface area contributed by atoms with Crippen molar-refractivity contribution in [2.75, 3.05) is 0 Å². The fourth-order valence-electron chi connectivity index (χ4n) is 9.69. The topological polar surface area (TPSA) is 4.93 Å². The molecule has 0 radical (unpaired) electrons. The molecule has 0 fully saturated rings. The van der Waals surface area contributed by atoms with Crippen LogP contribution in [-0.2, 0) is 5.41 Å². The van der Waals surface area contributed by atoms with Gasteiger partial charge in [-0.3, -0.25) is 0 Å². The minimum Gasteiger partial charge on any atom is -0.309 e. The molecule has 0 saturated heterocycles. The predicted molar refractivity (Wildman–Crippen MR) is 222 cm³/mol. The highest BCUT2D eigenvalue weighted by molar-refractivity contribution is 6.25. The molecule has 52 heavy (non-hydrogen) atoms. The monoisotopic (exact) mass is 663 g/mol. The van der Waals surface area contributed by atoms with Crippen LogP contribution in [0.3, 0.4) is 0 Å². The minimum atomic E-state index is 0.0567. The minimum absolute atomic E-state index is 0.0567. The van der Waals surface area contributed by atoms with Crippen LogP contribution in [0.4, 0.5) is 0 Å². The van der Waals surface area contributed by atoms with E-state index in [0.29, 0.717) is 11.8 Å². The molecule has 1 heteroatoms. The second-order valence-corrected chi connectivity index (χ2v) is 15.3. The molecular weight excluding hydrogens is 627 g/mol. The maximum Gasteiger partial charge on any atom is 0.0544 e. The Kier molecular flexibility index (Phi) is 6.20. The Balaban J connectivity index is 1.09. The number of allylic oxidation sites excluding steroid dienone is 4. The second kappa shape index (κ2) is 10.9. The molecule has 2 aliphatic rings. The number of aromatic nitrogens is 1. The third-order valence-corrected chi connectivity index (χ3v) is 12.2. The van der Waals surface area contributed by atoms with Crippen LogP contribution in [0.15, 0.2) is 176 Å². The summed E-state index contributed by atoms with van der Waals surface area (Å²) < 4.78 is 2.47. The van der Waals surface area contributed by atoms with Gasteiger partial charge in [-0.2, -0.15) is 0 Å². The zero-order valence-corrected chi connectivity index (χ0v) is 29.3. The van der Waals surface area contributed by atoms with Crippen molar-refractivity contribution >= 4 is 54.1 Å². The van der Waals surface area contributed by atoms with E-state index in [9.17, 15) is 0 Å². The first-order valence-electron chi connectivity index (χ1n) is 18.5. The van der Waals surface area contributed by atoms with Gasteiger partial charge in [0.15, 0.2) is 0 Å². The molecule has 0 bridgehead atoms. The van der Waals surface area contributed by atoms with E-state index in [1.54, 1.807) is 0 Å². The van der Waals surface area contributed by atoms with Crippen molar-refractivity contribution in [3.8, 4) is 27.9 Å². The first-order chi connectivity index (χ1) is 25.5. The molecule has 9 aromatic rings. The summed E-state index contributed by atoms with van der Waals surface area (Å²) in [4.78, 5) is 0. The average molecular weight is 664 g/mol. The number of hydrogen-bond donors (Lipinski definition) is 0. The van der Waals surface area contributed by atoms with E-state index in [4.69, 9.17) is 0 Å². The van der Waals surface area contributed by atoms with Crippen LogP contribution in [-0.4, -0.2) is 4.57 Å². The summed E-state index contributed by atoms with van der Waals surface area (Å²) in [6.07, 6.45) is 9.30. The van der Waals surface area contributed by atoms with Crippen molar-refractivity contribution in [3.63, 3.8) is 0 Å². The molecular formula is C51H37N. The second-order valence-electron chi connectivity index (χ2n) is 15.3. The Labute approximate surface area is 303 Å². The normalized spacial score (nSPS) is 17.4. The number of hydrogen-bond acceptors (Lipinski definition) is 0. The molecule has 2 aliphatic carbocycles. The Hall–Kier alpha value is -6.18. The molecule has 0 spiro atoms. The van der Waals surface area contributed by atoms with E-state index in [0.717, 1.165) is 0 Å². The SMILES string of the molecule is CC1(C)c2cc3c(cc2C2C=CC=CC21)c1cc(-c2cccc(-c4ccc5c6ccccc6c6ccccc6c5c4)c2)ccc1n3-c1ccccc1. The molecule has 1 nitrogen and oxygen atoms in total.